The highest BCUT2D eigenvalue weighted by Crippen LogP contribution is 2.38. The fourth-order valence-corrected chi connectivity index (χ4v) is 4.17. The topological polar surface area (TPSA) is 75.3 Å². The third-order valence-electron chi connectivity index (χ3n) is 4.15. The normalized spacial score (nSPS) is 22.2. The number of nitrogens with one attached hydrogen (secondary N) is 2. The molecule has 1 aliphatic rings. The Labute approximate surface area is 138 Å². The highest BCUT2D eigenvalue weighted by atomic mass is 32.2. The summed E-state index contributed by atoms with van der Waals surface area (Å²) >= 11 is 0. The van der Waals surface area contributed by atoms with Gasteiger partial charge >= 0.3 is 6.18 Å². The van der Waals surface area contributed by atoms with Crippen molar-refractivity contribution in [2.24, 2.45) is 5.92 Å². The number of carbonyl (C=O) groups is 1. The SMILES string of the molecule is CNC(=O)c1ccc(S(=O)(=O)NC2CCCCC2C(F)(F)F)cc1. The molecule has 0 saturated heterocycles. The summed E-state index contributed by atoms with van der Waals surface area (Å²) in [6.07, 6.45) is -3.37. The zero-order valence-electron chi connectivity index (χ0n) is 13.1. The van der Waals surface area contributed by atoms with E-state index in [1.54, 1.807) is 0 Å². The maximum absolute atomic E-state index is 13.1. The van der Waals surface area contributed by atoms with Crippen molar-refractivity contribution in [2.45, 2.75) is 42.8 Å². The number of sulfonamides is 1. The van der Waals surface area contributed by atoms with Crippen LogP contribution in [0.2, 0.25) is 0 Å². The van der Waals surface area contributed by atoms with Crippen LogP contribution >= 0.6 is 0 Å². The monoisotopic (exact) mass is 364 g/mol. The second-order valence-corrected chi connectivity index (χ2v) is 7.48. The van der Waals surface area contributed by atoms with Crippen molar-refractivity contribution in [1.29, 1.82) is 0 Å². The van der Waals surface area contributed by atoms with E-state index in [1.165, 1.54) is 31.3 Å². The van der Waals surface area contributed by atoms with Crippen LogP contribution in [0.4, 0.5) is 13.2 Å². The van der Waals surface area contributed by atoms with Gasteiger partial charge in [-0.25, -0.2) is 13.1 Å². The molecule has 1 aliphatic carbocycles. The first-order valence-electron chi connectivity index (χ1n) is 7.56. The Bertz CT molecular complexity index is 687. The van der Waals surface area contributed by atoms with E-state index in [4.69, 9.17) is 0 Å². The van der Waals surface area contributed by atoms with Gasteiger partial charge in [-0.3, -0.25) is 4.79 Å². The lowest BCUT2D eigenvalue weighted by molar-refractivity contribution is -0.187. The van der Waals surface area contributed by atoms with Crippen LogP contribution in [0.1, 0.15) is 36.0 Å². The van der Waals surface area contributed by atoms with Crippen LogP contribution in [-0.2, 0) is 10.0 Å². The van der Waals surface area contributed by atoms with E-state index < -0.39 is 28.2 Å². The molecule has 1 aromatic rings. The molecule has 9 heteroatoms. The first-order chi connectivity index (χ1) is 11.1. The van der Waals surface area contributed by atoms with Gasteiger partial charge in [-0.15, -0.1) is 0 Å². The third-order valence-corrected chi connectivity index (χ3v) is 5.65. The van der Waals surface area contributed by atoms with E-state index in [1.807, 2.05) is 0 Å². The minimum Gasteiger partial charge on any atom is -0.355 e. The molecule has 2 rings (SSSR count). The Balaban J connectivity index is 2.19. The van der Waals surface area contributed by atoms with Crippen LogP contribution in [0.5, 0.6) is 0 Å². The van der Waals surface area contributed by atoms with E-state index in [0.29, 0.717) is 12.8 Å². The Morgan fingerprint density at radius 3 is 2.25 bits per heavy atom. The Kier molecular flexibility index (Phi) is 5.54. The second-order valence-electron chi connectivity index (χ2n) is 5.76. The molecule has 0 aliphatic heterocycles. The lowest BCUT2D eigenvalue weighted by Gasteiger charge is -2.33. The lowest BCUT2D eigenvalue weighted by Crippen LogP contribution is -2.47. The molecule has 1 saturated carbocycles. The molecule has 0 bridgehead atoms. The molecule has 5 nitrogen and oxygen atoms in total. The summed E-state index contributed by atoms with van der Waals surface area (Å²) in [6, 6.07) is 3.88. The van der Waals surface area contributed by atoms with Gasteiger partial charge in [-0.2, -0.15) is 13.2 Å². The fraction of sp³-hybridized carbons (Fsp3) is 0.533. The predicted molar refractivity (Wildman–Crippen MR) is 82.0 cm³/mol. The highest BCUT2D eigenvalue weighted by Gasteiger charge is 2.46. The first-order valence-corrected chi connectivity index (χ1v) is 9.04. The largest absolute Gasteiger partial charge is 0.393 e. The van der Waals surface area contributed by atoms with E-state index in [0.717, 1.165) is 0 Å². The molecule has 0 spiro atoms. The molecule has 0 radical (unpaired) electrons. The van der Waals surface area contributed by atoms with Gasteiger partial charge < -0.3 is 5.32 Å². The number of rotatable bonds is 4. The van der Waals surface area contributed by atoms with Crippen LogP contribution in [0, 0.1) is 5.92 Å². The van der Waals surface area contributed by atoms with Crippen molar-refractivity contribution >= 4 is 15.9 Å². The van der Waals surface area contributed by atoms with Crippen molar-refractivity contribution in [3.05, 3.63) is 29.8 Å². The average Bonchev–Trinajstić information content (AvgIpc) is 2.53. The zero-order valence-corrected chi connectivity index (χ0v) is 13.9. The minimum absolute atomic E-state index is 0.0771. The molecular formula is C15H19F3N2O3S. The average molecular weight is 364 g/mol. The first kappa shape index (κ1) is 18.7. The number of benzene rings is 1. The van der Waals surface area contributed by atoms with Crippen LogP contribution in [0.25, 0.3) is 0 Å². The summed E-state index contributed by atoms with van der Waals surface area (Å²) in [5.41, 5.74) is 0.266. The van der Waals surface area contributed by atoms with Crippen molar-refractivity contribution in [3.8, 4) is 0 Å². The van der Waals surface area contributed by atoms with Gasteiger partial charge in [0.15, 0.2) is 0 Å². The molecule has 0 aromatic heterocycles. The summed E-state index contributed by atoms with van der Waals surface area (Å²) in [4.78, 5) is 11.3. The van der Waals surface area contributed by atoms with Gasteiger partial charge in [-0.05, 0) is 37.1 Å². The molecule has 2 N–H and O–H groups in total. The summed E-state index contributed by atoms with van der Waals surface area (Å²) in [6.45, 7) is 0. The van der Waals surface area contributed by atoms with Gasteiger partial charge in [0.2, 0.25) is 10.0 Å². The Morgan fingerprint density at radius 2 is 1.71 bits per heavy atom. The number of alkyl halides is 3. The van der Waals surface area contributed by atoms with Crippen molar-refractivity contribution in [2.75, 3.05) is 7.05 Å². The summed E-state index contributed by atoms with van der Waals surface area (Å²) in [5.74, 6) is -2.05. The minimum atomic E-state index is -4.43. The van der Waals surface area contributed by atoms with Gasteiger partial charge in [0.25, 0.3) is 5.91 Å². The smallest absolute Gasteiger partial charge is 0.355 e. The predicted octanol–water partition coefficient (Wildman–Crippen LogP) is 2.45. The molecule has 24 heavy (non-hydrogen) atoms. The number of carbonyl (C=O) groups excluding carboxylic acids is 1. The van der Waals surface area contributed by atoms with Crippen molar-refractivity contribution < 1.29 is 26.4 Å². The quantitative estimate of drug-likeness (QED) is 0.862. The van der Waals surface area contributed by atoms with Gasteiger partial charge in [0.1, 0.15) is 0 Å². The van der Waals surface area contributed by atoms with Crippen LogP contribution in [0.15, 0.2) is 29.2 Å². The number of halogens is 3. The van der Waals surface area contributed by atoms with Crippen LogP contribution in [0.3, 0.4) is 0 Å². The maximum Gasteiger partial charge on any atom is 0.393 e. The Morgan fingerprint density at radius 1 is 1.12 bits per heavy atom. The van der Waals surface area contributed by atoms with Gasteiger partial charge in [-0.1, -0.05) is 12.8 Å². The molecule has 2 atom stereocenters. The molecule has 0 heterocycles. The standard InChI is InChI=1S/C15H19F3N2O3S/c1-19-14(21)10-6-8-11(9-7-10)24(22,23)20-13-5-3-2-4-12(13)15(16,17)18/h6-9,12-13,20H,2-5H2,1H3,(H,19,21). The van der Waals surface area contributed by atoms with Gasteiger partial charge in [0, 0.05) is 18.7 Å². The molecular weight excluding hydrogens is 345 g/mol. The molecule has 1 aromatic carbocycles. The van der Waals surface area contributed by atoms with E-state index in [9.17, 15) is 26.4 Å². The molecule has 1 fully saturated rings. The molecule has 2 unspecified atom stereocenters. The maximum atomic E-state index is 13.1. The summed E-state index contributed by atoms with van der Waals surface area (Å²) in [5, 5.41) is 2.40. The van der Waals surface area contributed by atoms with Crippen LogP contribution < -0.4 is 10.0 Å². The van der Waals surface area contributed by atoms with Crippen molar-refractivity contribution in [1.82, 2.24) is 10.0 Å². The number of amides is 1. The summed E-state index contributed by atoms with van der Waals surface area (Å²) in [7, 11) is -2.64. The highest BCUT2D eigenvalue weighted by molar-refractivity contribution is 7.89. The number of hydrogen-bond donors (Lipinski definition) is 2. The fourth-order valence-electron chi connectivity index (χ4n) is 2.86. The van der Waals surface area contributed by atoms with Crippen molar-refractivity contribution in [3.63, 3.8) is 0 Å². The second kappa shape index (κ2) is 7.10. The van der Waals surface area contributed by atoms with Crippen LogP contribution in [-0.4, -0.2) is 33.6 Å². The summed E-state index contributed by atoms with van der Waals surface area (Å²) < 4.78 is 66.1. The van der Waals surface area contributed by atoms with Gasteiger partial charge in [0.05, 0.1) is 10.8 Å². The zero-order chi connectivity index (χ0) is 18.0. The third kappa shape index (κ3) is 4.27. The van der Waals surface area contributed by atoms with E-state index >= 15 is 0 Å². The lowest BCUT2D eigenvalue weighted by atomic mass is 9.85. The van der Waals surface area contributed by atoms with E-state index in [-0.39, 0.29) is 29.2 Å². The van der Waals surface area contributed by atoms with E-state index in [2.05, 4.69) is 10.0 Å². The molecule has 134 valence electrons. The number of hydrogen-bond acceptors (Lipinski definition) is 3. The molecule has 1 amide bonds. The Hall–Kier alpha value is -1.61.